The number of benzene rings is 1. The minimum atomic E-state index is -3.25. The summed E-state index contributed by atoms with van der Waals surface area (Å²) in [7, 11) is 0.906. The van der Waals surface area contributed by atoms with Gasteiger partial charge in [-0.15, -0.1) is 0 Å². The van der Waals surface area contributed by atoms with Crippen LogP contribution in [-0.4, -0.2) is 99.1 Å². The predicted octanol–water partition coefficient (Wildman–Crippen LogP) is 0.519. The summed E-state index contributed by atoms with van der Waals surface area (Å²) in [4.78, 5) is 6.94. The number of hydrogen-bond acceptors (Lipinski definition) is 5. The third-order valence-corrected chi connectivity index (χ3v) is 7.14. The molecule has 26 heavy (non-hydrogen) atoms. The monoisotopic (exact) mass is 384 g/mol. The van der Waals surface area contributed by atoms with E-state index in [0.29, 0.717) is 13.1 Å². The second kappa shape index (κ2) is 8.31. The molecule has 2 saturated heterocycles. The maximum absolute atomic E-state index is 13.0. The molecule has 6 nitrogen and oxygen atoms in total. The van der Waals surface area contributed by atoms with Crippen LogP contribution in [0.25, 0.3) is 0 Å². The molecule has 1 aromatic carbocycles. The Labute approximate surface area is 156 Å². The fourth-order valence-electron chi connectivity index (χ4n) is 3.62. The first-order valence-electron chi connectivity index (χ1n) is 9.17. The van der Waals surface area contributed by atoms with E-state index in [1.807, 2.05) is 0 Å². The zero-order chi connectivity index (χ0) is 18.7. The SMILES string of the molecule is CN(C)CCN1CCN(C2CN(Cc3ccc(F)cc3)S(=O)(=O)C2)CC1. The van der Waals surface area contributed by atoms with E-state index in [0.717, 1.165) is 44.8 Å². The lowest BCUT2D eigenvalue weighted by Gasteiger charge is -2.37. The first-order chi connectivity index (χ1) is 12.3. The highest BCUT2D eigenvalue weighted by atomic mass is 32.2. The van der Waals surface area contributed by atoms with Crippen molar-refractivity contribution in [2.45, 2.75) is 12.6 Å². The third kappa shape index (κ3) is 5.01. The third-order valence-electron chi connectivity index (χ3n) is 5.27. The molecule has 3 rings (SSSR count). The van der Waals surface area contributed by atoms with Gasteiger partial charge in [0.15, 0.2) is 0 Å². The molecule has 0 aliphatic carbocycles. The summed E-state index contributed by atoms with van der Waals surface area (Å²) in [6, 6.07) is 6.12. The van der Waals surface area contributed by atoms with Gasteiger partial charge in [-0.25, -0.2) is 12.8 Å². The molecule has 2 aliphatic heterocycles. The Balaban J connectivity index is 1.54. The lowest BCUT2D eigenvalue weighted by molar-refractivity contribution is 0.0964. The fraction of sp³-hybridized carbons (Fsp3) is 0.667. The Morgan fingerprint density at radius 3 is 2.38 bits per heavy atom. The van der Waals surface area contributed by atoms with Crippen molar-refractivity contribution in [3.63, 3.8) is 0 Å². The van der Waals surface area contributed by atoms with E-state index in [1.54, 1.807) is 16.4 Å². The lowest BCUT2D eigenvalue weighted by Crippen LogP contribution is -2.52. The van der Waals surface area contributed by atoms with Crippen molar-refractivity contribution in [1.29, 1.82) is 0 Å². The van der Waals surface area contributed by atoms with E-state index in [4.69, 9.17) is 0 Å². The van der Waals surface area contributed by atoms with Crippen molar-refractivity contribution >= 4 is 10.0 Å². The second-order valence-corrected chi connectivity index (χ2v) is 9.55. The van der Waals surface area contributed by atoms with Crippen molar-refractivity contribution in [3.05, 3.63) is 35.6 Å². The van der Waals surface area contributed by atoms with E-state index < -0.39 is 10.0 Å². The average molecular weight is 385 g/mol. The zero-order valence-corrected chi connectivity index (χ0v) is 16.5. The highest BCUT2D eigenvalue weighted by Gasteiger charge is 2.39. The molecule has 0 saturated carbocycles. The lowest BCUT2D eigenvalue weighted by atomic mass is 10.2. The summed E-state index contributed by atoms with van der Waals surface area (Å²) >= 11 is 0. The molecule has 1 atom stereocenters. The number of nitrogens with zero attached hydrogens (tertiary/aromatic N) is 4. The molecule has 1 unspecified atom stereocenters. The summed E-state index contributed by atoms with van der Waals surface area (Å²) in [5, 5.41) is 0. The first-order valence-corrected chi connectivity index (χ1v) is 10.8. The Kier molecular flexibility index (Phi) is 6.29. The van der Waals surface area contributed by atoms with Crippen LogP contribution < -0.4 is 0 Å². The minimum Gasteiger partial charge on any atom is -0.308 e. The van der Waals surface area contributed by atoms with Gasteiger partial charge < -0.3 is 4.90 Å². The van der Waals surface area contributed by atoms with Gasteiger partial charge in [0.05, 0.1) is 5.75 Å². The Morgan fingerprint density at radius 2 is 1.77 bits per heavy atom. The molecule has 0 radical (unpaired) electrons. The van der Waals surface area contributed by atoms with Crippen LogP contribution in [0.15, 0.2) is 24.3 Å². The van der Waals surface area contributed by atoms with Crippen LogP contribution in [0.4, 0.5) is 4.39 Å². The predicted molar refractivity (Wildman–Crippen MR) is 101 cm³/mol. The van der Waals surface area contributed by atoms with Crippen molar-refractivity contribution < 1.29 is 12.8 Å². The molecule has 0 bridgehead atoms. The molecule has 0 aromatic heterocycles. The van der Waals surface area contributed by atoms with Crippen LogP contribution in [-0.2, 0) is 16.6 Å². The van der Waals surface area contributed by atoms with E-state index in [2.05, 4.69) is 28.8 Å². The number of halogens is 1. The van der Waals surface area contributed by atoms with Crippen molar-refractivity contribution in [2.24, 2.45) is 0 Å². The van der Waals surface area contributed by atoms with Gasteiger partial charge in [-0.1, -0.05) is 12.1 Å². The number of sulfonamides is 1. The highest BCUT2D eigenvalue weighted by molar-refractivity contribution is 7.89. The first kappa shape index (κ1) is 19.7. The molecule has 146 valence electrons. The molecule has 1 aromatic rings. The molecular weight excluding hydrogens is 355 g/mol. The van der Waals surface area contributed by atoms with Crippen LogP contribution >= 0.6 is 0 Å². The van der Waals surface area contributed by atoms with Crippen LogP contribution in [0.2, 0.25) is 0 Å². The summed E-state index contributed by atoms with van der Waals surface area (Å²) in [5.41, 5.74) is 0.823. The Hall–Kier alpha value is -1.06. The van der Waals surface area contributed by atoms with E-state index in [1.165, 1.54) is 12.1 Å². The maximum atomic E-state index is 13.0. The number of piperazine rings is 1. The quantitative estimate of drug-likeness (QED) is 0.716. The fourth-order valence-corrected chi connectivity index (χ4v) is 5.38. The van der Waals surface area contributed by atoms with Gasteiger partial charge in [0.25, 0.3) is 0 Å². The van der Waals surface area contributed by atoms with Gasteiger partial charge in [-0.3, -0.25) is 9.80 Å². The van der Waals surface area contributed by atoms with Crippen molar-refractivity contribution in [3.8, 4) is 0 Å². The number of likely N-dealkylation sites (N-methyl/N-ethyl adjacent to an activating group) is 1. The molecule has 0 amide bonds. The average Bonchev–Trinajstić information content (AvgIpc) is 2.90. The van der Waals surface area contributed by atoms with Crippen molar-refractivity contribution in [2.75, 3.05) is 65.7 Å². The molecule has 0 spiro atoms. The van der Waals surface area contributed by atoms with Gasteiger partial charge in [-0.05, 0) is 31.8 Å². The summed E-state index contributed by atoms with van der Waals surface area (Å²) < 4.78 is 39.7. The smallest absolute Gasteiger partial charge is 0.216 e. The topological polar surface area (TPSA) is 47.1 Å². The normalized spacial score (nSPS) is 25.2. The summed E-state index contributed by atoms with van der Waals surface area (Å²) in [6.45, 7) is 6.75. The number of hydrogen-bond donors (Lipinski definition) is 0. The van der Waals surface area contributed by atoms with E-state index in [-0.39, 0.29) is 17.6 Å². The molecular formula is C18H29FN4O2S. The van der Waals surface area contributed by atoms with Gasteiger partial charge in [-0.2, -0.15) is 4.31 Å². The number of rotatable bonds is 6. The molecule has 2 aliphatic rings. The van der Waals surface area contributed by atoms with Crippen LogP contribution in [0.5, 0.6) is 0 Å². The summed E-state index contributed by atoms with van der Waals surface area (Å²) in [6.07, 6.45) is 0. The standard InChI is InChI=1S/C18H29FN4O2S/c1-20(2)7-8-21-9-11-22(12-10-21)18-14-23(26(24,25)15-18)13-16-3-5-17(19)6-4-16/h3-6,18H,7-15H2,1-2H3. The zero-order valence-electron chi connectivity index (χ0n) is 15.6. The van der Waals surface area contributed by atoms with E-state index in [9.17, 15) is 12.8 Å². The Morgan fingerprint density at radius 1 is 1.12 bits per heavy atom. The molecule has 8 heteroatoms. The van der Waals surface area contributed by atoms with Crippen molar-refractivity contribution in [1.82, 2.24) is 19.0 Å². The molecule has 0 N–H and O–H groups in total. The van der Waals surface area contributed by atoms with Gasteiger partial charge in [0.2, 0.25) is 10.0 Å². The molecule has 2 fully saturated rings. The Bertz CT molecular complexity index is 688. The minimum absolute atomic E-state index is 0.0523. The van der Waals surface area contributed by atoms with Gasteiger partial charge >= 0.3 is 0 Å². The van der Waals surface area contributed by atoms with Crippen LogP contribution in [0.3, 0.4) is 0 Å². The van der Waals surface area contributed by atoms with Crippen LogP contribution in [0.1, 0.15) is 5.56 Å². The van der Waals surface area contributed by atoms with Gasteiger partial charge in [0.1, 0.15) is 5.82 Å². The highest BCUT2D eigenvalue weighted by Crippen LogP contribution is 2.22. The van der Waals surface area contributed by atoms with Gasteiger partial charge in [0, 0.05) is 58.4 Å². The largest absolute Gasteiger partial charge is 0.308 e. The molecule has 2 heterocycles. The van der Waals surface area contributed by atoms with E-state index >= 15 is 0 Å². The maximum Gasteiger partial charge on any atom is 0.216 e. The summed E-state index contributed by atoms with van der Waals surface area (Å²) in [5.74, 6) is -0.116. The van der Waals surface area contributed by atoms with Crippen LogP contribution in [0, 0.1) is 5.82 Å². The second-order valence-electron chi connectivity index (χ2n) is 7.53.